The lowest BCUT2D eigenvalue weighted by Gasteiger charge is -2.33. The average Bonchev–Trinajstić information content (AvgIpc) is 2.72. The zero-order valence-corrected chi connectivity index (χ0v) is 15.7. The van der Waals surface area contributed by atoms with E-state index in [2.05, 4.69) is 15.2 Å². The van der Waals surface area contributed by atoms with Gasteiger partial charge in [-0.3, -0.25) is 14.6 Å². The molecule has 1 saturated heterocycles. The summed E-state index contributed by atoms with van der Waals surface area (Å²) in [4.78, 5) is 34.0. The van der Waals surface area contributed by atoms with Crippen molar-refractivity contribution in [3.8, 4) is 0 Å². The Balaban J connectivity index is 1.39. The maximum atomic E-state index is 11.6. The van der Waals surface area contributed by atoms with Crippen LogP contribution in [-0.2, 0) is 14.3 Å². The summed E-state index contributed by atoms with van der Waals surface area (Å²) in [5, 5.41) is 2.43. The zero-order chi connectivity index (χ0) is 19.1. The molecule has 1 aliphatic rings. The standard InChI is InChI=1S/C20H26N4O3/c1-21-19(25)14-27-20(26)6-2-4-15-9-12-24(13-10-15)18-8-7-16-17(23-18)5-3-11-22-16/h3,5,7-8,11,15H,2,4,6,9-10,12-14H2,1H3,(H,21,25). The van der Waals surface area contributed by atoms with Crippen molar-refractivity contribution in [2.24, 2.45) is 5.92 Å². The second-order valence-corrected chi connectivity index (χ2v) is 6.87. The van der Waals surface area contributed by atoms with Crippen LogP contribution >= 0.6 is 0 Å². The number of likely N-dealkylation sites (N-methyl/N-ethyl adjacent to an activating group) is 1. The molecule has 144 valence electrons. The lowest BCUT2D eigenvalue weighted by atomic mass is 9.91. The molecule has 0 atom stereocenters. The summed E-state index contributed by atoms with van der Waals surface area (Å²) in [7, 11) is 1.52. The summed E-state index contributed by atoms with van der Waals surface area (Å²) in [6.45, 7) is 1.76. The molecule has 2 aromatic rings. The van der Waals surface area contributed by atoms with E-state index in [1.165, 1.54) is 7.05 Å². The third-order valence-electron chi connectivity index (χ3n) is 5.02. The van der Waals surface area contributed by atoms with Gasteiger partial charge < -0.3 is 15.0 Å². The number of aromatic nitrogens is 2. The number of esters is 1. The van der Waals surface area contributed by atoms with Crippen LogP contribution < -0.4 is 10.2 Å². The molecule has 0 unspecified atom stereocenters. The van der Waals surface area contributed by atoms with Gasteiger partial charge in [0.25, 0.3) is 5.91 Å². The zero-order valence-electron chi connectivity index (χ0n) is 15.7. The van der Waals surface area contributed by atoms with Gasteiger partial charge >= 0.3 is 5.97 Å². The van der Waals surface area contributed by atoms with E-state index in [-0.39, 0.29) is 18.5 Å². The minimum Gasteiger partial charge on any atom is -0.456 e. The number of hydrogen-bond donors (Lipinski definition) is 1. The molecule has 0 bridgehead atoms. The van der Waals surface area contributed by atoms with Crippen LogP contribution in [0.25, 0.3) is 11.0 Å². The minimum atomic E-state index is -0.301. The molecule has 1 fully saturated rings. The minimum absolute atomic E-state index is 0.192. The molecule has 0 aliphatic carbocycles. The molecule has 7 nitrogen and oxygen atoms in total. The number of rotatable bonds is 7. The number of anilines is 1. The van der Waals surface area contributed by atoms with E-state index < -0.39 is 0 Å². The molecule has 3 heterocycles. The molecule has 0 aromatic carbocycles. The van der Waals surface area contributed by atoms with Gasteiger partial charge in [-0.15, -0.1) is 0 Å². The number of hydrogen-bond acceptors (Lipinski definition) is 6. The van der Waals surface area contributed by atoms with Crippen molar-refractivity contribution in [1.29, 1.82) is 0 Å². The fraction of sp³-hybridized carbons (Fsp3) is 0.500. The van der Waals surface area contributed by atoms with E-state index in [0.29, 0.717) is 12.3 Å². The molecule has 0 spiro atoms. The van der Waals surface area contributed by atoms with Crippen LogP contribution in [0.3, 0.4) is 0 Å². The van der Waals surface area contributed by atoms with E-state index in [4.69, 9.17) is 9.72 Å². The van der Waals surface area contributed by atoms with E-state index in [0.717, 1.165) is 55.6 Å². The first-order valence-electron chi connectivity index (χ1n) is 9.48. The Labute approximate surface area is 159 Å². The highest BCUT2D eigenvalue weighted by atomic mass is 16.5. The molecule has 1 N–H and O–H groups in total. The summed E-state index contributed by atoms with van der Waals surface area (Å²) >= 11 is 0. The summed E-state index contributed by atoms with van der Waals surface area (Å²) in [5.74, 6) is 1.04. The van der Waals surface area contributed by atoms with Crippen LogP contribution in [0.5, 0.6) is 0 Å². The van der Waals surface area contributed by atoms with E-state index >= 15 is 0 Å². The second kappa shape index (κ2) is 9.30. The van der Waals surface area contributed by atoms with Crippen molar-refractivity contribution < 1.29 is 14.3 Å². The smallest absolute Gasteiger partial charge is 0.306 e. The van der Waals surface area contributed by atoms with Crippen molar-refractivity contribution >= 4 is 28.7 Å². The van der Waals surface area contributed by atoms with E-state index in [9.17, 15) is 9.59 Å². The van der Waals surface area contributed by atoms with Crippen molar-refractivity contribution in [3.05, 3.63) is 30.5 Å². The predicted molar refractivity (Wildman–Crippen MR) is 103 cm³/mol. The average molecular weight is 370 g/mol. The topological polar surface area (TPSA) is 84.4 Å². The number of pyridine rings is 2. The van der Waals surface area contributed by atoms with Gasteiger partial charge in [0, 0.05) is 32.8 Å². The first-order chi connectivity index (χ1) is 13.2. The molecular formula is C20H26N4O3. The number of fused-ring (bicyclic) bond motifs is 1. The molecule has 0 saturated carbocycles. The van der Waals surface area contributed by atoms with Gasteiger partial charge in [-0.2, -0.15) is 0 Å². The molecule has 7 heteroatoms. The number of nitrogens with one attached hydrogen (secondary N) is 1. The van der Waals surface area contributed by atoms with Gasteiger partial charge in [-0.1, -0.05) is 0 Å². The maximum absolute atomic E-state index is 11.6. The fourth-order valence-electron chi connectivity index (χ4n) is 3.40. The number of ether oxygens (including phenoxy) is 1. The van der Waals surface area contributed by atoms with Gasteiger partial charge in [0.15, 0.2) is 6.61 Å². The van der Waals surface area contributed by atoms with Crippen molar-refractivity contribution in [2.75, 3.05) is 31.6 Å². The van der Waals surface area contributed by atoms with E-state index in [1.807, 2.05) is 24.3 Å². The molecule has 2 aromatic heterocycles. The fourth-order valence-corrected chi connectivity index (χ4v) is 3.40. The van der Waals surface area contributed by atoms with Crippen LogP contribution in [0.15, 0.2) is 30.5 Å². The third kappa shape index (κ3) is 5.39. The summed E-state index contributed by atoms with van der Waals surface area (Å²) < 4.78 is 4.92. The highest BCUT2D eigenvalue weighted by molar-refractivity contribution is 5.80. The van der Waals surface area contributed by atoms with Crippen LogP contribution in [0.4, 0.5) is 5.82 Å². The summed E-state index contributed by atoms with van der Waals surface area (Å²) in [6, 6.07) is 7.96. The highest BCUT2D eigenvalue weighted by Gasteiger charge is 2.20. The Hall–Kier alpha value is -2.70. The molecule has 1 aliphatic heterocycles. The maximum Gasteiger partial charge on any atom is 0.306 e. The first kappa shape index (κ1) is 19.1. The number of nitrogens with zero attached hydrogens (tertiary/aromatic N) is 3. The van der Waals surface area contributed by atoms with Crippen molar-refractivity contribution in [1.82, 2.24) is 15.3 Å². The summed E-state index contributed by atoms with van der Waals surface area (Å²) in [5.41, 5.74) is 1.84. The Morgan fingerprint density at radius 2 is 2.04 bits per heavy atom. The molecular weight excluding hydrogens is 344 g/mol. The number of carbonyl (C=O) groups excluding carboxylic acids is 2. The Morgan fingerprint density at radius 1 is 1.22 bits per heavy atom. The quantitative estimate of drug-likeness (QED) is 0.753. The Kier molecular flexibility index (Phi) is 6.57. The second-order valence-electron chi connectivity index (χ2n) is 6.87. The largest absolute Gasteiger partial charge is 0.456 e. The van der Waals surface area contributed by atoms with Crippen molar-refractivity contribution in [2.45, 2.75) is 32.1 Å². The molecule has 0 radical (unpaired) electrons. The van der Waals surface area contributed by atoms with Crippen LogP contribution in [0.2, 0.25) is 0 Å². The normalized spacial score (nSPS) is 14.9. The molecule has 3 rings (SSSR count). The SMILES string of the molecule is CNC(=O)COC(=O)CCCC1CCN(c2ccc3ncccc3n2)CC1. The third-order valence-corrected chi connectivity index (χ3v) is 5.02. The monoisotopic (exact) mass is 370 g/mol. The number of amides is 1. The lowest BCUT2D eigenvalue weighted by molar-refractivity contribution is -0.148. The summed E-state index contributed by atoms with van der Waals surface area (Å²) in [6.07, 6.45) is 6.16. The van der Waals surface area contributed by atoms with Gasteiger partial charge in [0.1, 0.15) is 5.82 Å². The molecule has 27 heavy (non-hydrogen) atoms. The van der Waals surface area contributed by atoms with Crippen LogP contribution in [0.1, 0.15) is 32.1 Å². The first-order valence-corrected chi connectivity index (χ1v) is 9.48. The molecule has 1 amide bonds. The predicted octanol–water partition coefficient (Wildman–Crippen LogP) is 2.31. The number of carbonyl (C=O) groups is 2. The number of piperidine rings is 1. The van der Waals surface area contributed by atoms with Gasteiger partial charge in [-0.25, -0.2) is 4.98 Å². The van der Waals surface area contributed by atoms with E-state index in [1.54, 1.807) is 6.20 Å². The van der Waals surface area contributed by atoms with Crippen LogP contribution in [0, 0.1) is 5.92 Å². The lowest BCUT2D eigenvalue weighted by Crippen LogP contribution is -2.34. The highest BCUT2D eigenvalue weighted by Crippen LogP contribution is 2.26. The van der Waals surface area contributed by atoms with Gasteiger partial charge in [0.05, 0.1) is 11.0 Å². The Bertz CT molecular complexity index is 788. The van der Waals surface area contributed by atoms with Crippen LogP contribution in [-0.4, -0.2) is 48.6 Å². The Morgan fingerprint density at radius 3 is 2.81 bits per heavy atom. The van der Waals surface area contributed by atoms with Gasteiger partial charge in [0.2, 0.25) is 0 Å². The van der Waals surface area contributed by atoms with Gasteiger partial charge in [-0.05, 0) is 55.9 Å². The van der Waals surface area contributed by atoms with Crippen molar-refractivity contribution in [3.63, 3.8) is 0 Å².